The third kappa shape index (κ3) is 3.10. The summed E-state index contributed by atoms with van der Waals surface area (Å²) in [6, 6.07) is 7.83. The molecular weight excluding hydrogens is 272 g/mol. The van der Waals surface area contributed by atoms with E-state index in [-0.39, 0.29) is 0 Å². The number of aromatic nitrogens is 2. The number of hydrogen-bond donors (Lipinski definition) is 0. The van der Waals surface area contributed by atoms with Gasteiger partial charge >= 0.3 is 0 Å². The lowest BCUT2D eigenvalue weighted by molar-refractivity contribution is 0.389. The number of ether oxygens (including phenoxy) is 1. The third-order valence-corrected chi connectivity index (χ3v) is 3.55. The van der Waals surface area contributed by atoms with Crippen molar-refractivity contribution in [1.29, 1.82) is 0 Å². The Labute approximate surface area is 125 Å². The van der Waals surface area contributed by atoms with Crippen molar-refractivity contribution in [2.24, 2.45) is 0 Å². The van der Waals surface area contributed by atoms with Gasteiger partial charge in [0.05, 0.1) is 12.8 Å². The van der Waals surface area contributed by atoms with Crippen LogP contribution in [0, 0.1) is 6.92 Å². The minimum Gasteiger partial charge on any atom is -0.481 e. The molecular formula is C16H19ClN2O. The van der Waals surface area contributed by atoms with Crippen LogP contribution in [0.25, 0.3) is 0 Å². The molecule has 0 saturated carbocycles. The second kappa shape index (κ2) is 6.23. The van der Waals surface area contributed by atoms with Gasteiger partial charge in [0.1, 0.15) is 5.82 Å². The van der Waals surface area contributed by atoms with Gasteiger partial charge in [-0.2, -0.15) is 4.98 Å². The van der Waals surface area contributed by atoms with Gasteiger partial charge in [-0.25, -0.2) is 4.98 Å². The molecule has 1 aromatic heterocycles. The highest BCUT2D eigenvalue weighted by atomic mass is 35.5. The lowest BCUT2D eigenvalue weighted by Crippen LogP contribution is -2.08. The number of nitrogens with zero attached hydrogens (tertiary/aromatic N) is 2. The topological polar surface area (TPSA) is 35.0 Å². The summed E-state index contributed by atoms with van der Waals surface area (Å²) in [5, 5.41) is 0.754. The first-order valence-electron chi connectivity index (χ1n) is 6.67. The maximum atomic E-state index is 6.25. The first kappa shape index (κ1) is 14.8. The van der Waals surface area contributed by atoms with E-state index in [1.807, 2.05) is 31.2 Å². The van der Waals surface area contributed by atoms with Gasteiger partial charge in [0.15, 0.2) is 0 Å². The van der Waals surface area contributed by atoms with Gasteiger partial charge < -0.3 is 4.74 Å². The van der Waals surface area contributed by atoms with Crippen LogP contribution in [0.1, 0.15) is 42.4 Å². The summed E-state index contributed by atoms with van der Waals surface area (Å²) < 4.78 is 5.43. The zero-order valence-electron chi connectivity index (χ0n) is 12.3. The highest BCUT2D eigenvalue weighted by Crippen LogP contribution is 2.29. The summed E-state index contributed by atoms with van der Waals surface area (Å²) in [6.45, 7) is 6.13. The molecule has 0 fully saturated rings. The molecule has 2 rings (SSSR count). The van der Waals surface area contributed by atoms with Crippen LogP contribution in [-0.4, -0.2) is 17.1 Å². The Morgan fingerprint density at radius 3 is 2.50 bits per heavy atom. The van der Waals surface area contributed by atoms with Crippen LogP contribution in [0.2, 0.25) is 5.02 Å². The van der Waals surface area contributed by atoms with Crippen LogP contribution in [0.15, 0.2) is 24.3 Å². The van der Waals surface area contributed by atoms with E-state index in [2.05, 4.69) is 23.8 Å². The Bertz CT molecular complexity index is 611. The minimum absolute atomic E-state index is 0.308. The summed E-state index contributed by atoms with van der Waals surface area (Å²) in [5.74, 6) is 1.68. The summed E-state index contributed by atoms with van der Waals surface area (Å²) in [7, 11) is 1.64. The van der Waals surface area contributed by atoms with E-state index in [1.165, 1.54) is 0 Å². The standard InChI is InChI=1S/C16H19ClN2O/c1-10(2)15-13(16(20-4)19-11(3)18-15)9-12-7-5-6-8-14(12)17/h5-8,10H,9H2,1-4H3. The molecule has 0 spiro atoms. The molecule has 0 unspecified atom stereocenters. The lowest BCUT2D eigenvalue weighted by Gasteiger charge is -2.16. The fraction of sp³-hybridized carbons (Fsp3) is 0.375. The molecule has 3 nitrogen and oxygen atoms in total. The molecule has 0 aliphatic heterocycles. The van der Waals surface area contributed by atoms with E-state index in [4.69, 9.17) is 16.3 Å². The van der Waals surface area contributed by atoms with Crippen molar-refractivity contribution in [3.63, 3.8) is 0 Å². The largest absolute Gasteiger partial charge is 0.481 e. The molecule has 0 radical (unpaired) electrons. The second-order valence-electron chi connectivity index (χ2n) is 5.07. The van der Waals surface area contributed by atoms with Crippen molar-refractivity contribution in [1.82, 2.24) is 9.97 Å². The average Bonchev–Trinajstić information content (AvgIpc) is 2.42. The smallest absolute Gasteiger partial charge is 0.220 e. The number of rotatable bonds is 4. The van der Waals surface area contributed by atoms with Crippen molar-refractivity contribution < 1.29 is 4.74 Å². The van der Waals surface area contributed by atoms with E-state index in [9.17, 15) is 0 Å². The number of benzene rings is 1. The maximum Gasteiger partial charge on any atom is 0.220 e. The third-order valence-electron chi connectivity index (χ3n) is 3.18. The number of methoxy groups -OCH3 is 1. The molecule has 20 heavy (non-hydrogen) atoms. The minimum atomic E-state index is 0.308. The van der Waals surface area contributed by atoms with Crippen LogP contribution in [-0.2, 0) is 6.42 Å². The first-order valence-corrected chi connectivity index (χ1v) is 7.05. The monoisotopic (exact) mass is 290 g/mol. The molecule has 1 aromatic carbocycles. The summed E-state index contributed by atoms with van der Waals surface area (Å²) in [5.41, 5.74) is 3.09. The van der Waals surface area contributed by atoms with Crippen LogP contribution in [0.5, 0.6) is 5.88 Å². The molecule has 0 amide bonds. The second-order valence-corrected chi connectivity index (χ2v) is 5.47. The van der Waals surface area contributed by atoms with Gasteiger partial charge in [-0.05, 0) is 24.5 Å². The van der Waals surface area contributed by atoms with E-state index in [1.54, 1.807) is 7.11 Å². The predicted octanol–water partition coefficient (Wildman–Crippen LogP) is 4.16. The SMILES string of the molecule is COc1nc(C)nc(C(C)C)c1Cc1ccccc1Cl. The zero-order chi connectivity index (χ0) is 14.7. The normalized spacial score (nSPS) is 10.9. The van der Waals surface area contributed by atoms with Gasteiger partial charge in [-0.1, -0.05) is 43.6 Å². The van der Waals surface area contributed by atoms with Gasteiger partial charge in [0, 0.05) is 17.0 Å². The van der Waals surface area contributed by atoms with Crippen LogP contribution in [0.4, 0.5) is 0 Å². The Morgan fingerprint density at radius 2 is 1.90 bits per heavy atom. The van der Waals surface area contributed by atoms with Crippen LogP contribution in [0.3, 0.4) is 0 Å². The fourth-order valence-electron chi connectivity index (χ4n) is 2.24. The maximum absolute atomic E-state index is 6.25. The van der Waals surface area contributed by atoms with Crippen LogP contribution < -0.4 is 4.74 Å². The van der Waals surface area contributed by atoms with Crippen molar-refractivity contribution in [2.75, 3.05) is 7.11 Å². The average molecular weight is 291 g/mol. The molecule has 2 aromatic rings. The Hall–Kier alpha value is -1.61. The van der Waals surface area contributed by atoms with E-state index >= 15 is 0 Å². The Kier molecular flexibility index (Phi) is 4.61. The highest BCUT2D eigenvalue weighted by Gasteiger charge is 2.17. The molecule has 106 valence electrons. The van der Waals surface area contributed by atoms with E-state index in [0.717, 1.165) is 27.7 Å². The van der Waals surface area contributed by atoms with Crippen LogP contribution >= 0.6 is 11.6 Å². The molecule has 0 atom stereocenters. The molecule has 1 heterocycles. The van der Waals surface area contributed by atoms with Gasteiger partial charge in [0.25, 0.3) is 0 Å². The predicted molar refractivity (Wildman–Crippen MR) is 81.7 cm³/mol. The number of hydrogen-bond acceptors (Lipinski definition) is 3. The van der Waals surface area contributed by atoms with Gasteiger partial charge in [-0.15, -0.1) is 0 Å². The van der Waals surface area contributed by atoms with Crippen molar-refractivity contribution in [2.45, 2.75) is 33.1 Å². The van der Waals surface area contributed by atoms with Gasteiger partial charge in [0.2, 0.25) is 5.88 Å². The molecule has 4 heteroatoms. The lowest BCUT2D eigenvalue weighted by atomic mass is 9.98. The van der Waals surface area contributed by atoms with Crippen molar-refractivity contribution in [3.8, 4) is 5.88 Å². The van der Waals surface area contributed by atoms with E-state index < -0.39 is 0 Å². The number of halogens is 1. The quantitative estimate of drug-likeness (QED) is 0.848. The Balaban J connectivity index is 2.52. The molecule has 0 bridgehead atoms. The molecule has 0 N–H and O–H groups in total. The van der Waals surface area contributed by atoms with E-state index in [0.29, 0.717) is 18.2 Å². The zero-order valence-corrected chi connectivity index (χ0v) is 13.0. The Morgan fingerprint density at radius 1 is 1.20 bits per heavy atom. The van der Waals surface area contributed by atoms with Crippen molar-refractivity contribution >= 4 is 11.6 Å². The van der Waals surface area contributed by atoms with Crippen molar-refractivity contribution in [3.05, 3.63) is 51.9 Å². The summed E-state index contributed by atoms with van der Waals surface area (Å²) >= 11 is 6.25. The van der Waals surface area contributed by atoms with Gasteiger partial charge in [-0.3, -0.25) is 0 Å². The molecule has 0 aliphatic carbocycles. The summed E-state index contributed by atoms with van der Waals surface area (Å²) in [4.78, 5) is 8.96. The summed E-state index contributed by atoms with van der Waals surface area (Å²) in [6.07, 6.45) is 0.677. The molecule has 0 aliphatic rings. The highest BCUT2D eigenvalue weighted by molar-refractivity contribution is 6.31. The number of aryl methyl sites for hydroxylation is 1. The molecule has 0 saturated heterocycles. The first-order chi connectivity index (χ1) is 9.52. The fourth-order valence-corrected chi connectivity index (χ4v) is 2.44.